The van der Waals surface area contributed by atoms with Gasteiger partial charge in [-0.3, -0.25) is 9.59 Å². The normalized spacial score (nSPS) is 11.3. The van der Waals surface area contributed by atoms with Crippen molar-refractivity contribution in [3.05, 3.63) is 108 Å². The van der Waals surface area contributed by atoms with E-state index >= 15 is 0 Å². The molecule has 0 atom stereocenters. The van der Waals surface area contributed by atoms with Crippen molar-refractivity contribution < 1.29 is 23.9 Å². The summed E-state index contributed by atoms with van der Waals surface area (Å²) in [5.74, 6) is -0.734. The van der Waals surface area contributed by atoms with Crippen molar-refractivity contribution in [3.63, 3.8) is 0 Å². The molecule has 42 heavy (non-hydrogen) atoms. The molecule has 2 heterocycles. The average molecular weight is 566 g/mol. The first kappa shape index (κ1) is 28.3. The van der Waals surface area contributed by atoms with Gasteiger partial charge in [-0.05, 0) is 80.9 Å². The summed E-state index contributed by atoms with van der Waals surface area (Å²) in [6, 6.07) is 21.3. The van der Waals surface area contributed by atoms with Gasteiger partial charge in [-0.15, -0.1) is 0 Å². The zero-order valence-electron chi connectivity index (χ0n) is 23.8. The molecule has 0 bridgehead atoms. The van der Waals surface area contributed by atoms with Gasteiger partial charge < -0.3 is 24.7 Å². The molecular formula is C32H31N5O5. The quantitative estimate of drug-likeness (QED) is 0.241. The predicted octanol–water partition coefficient (Wildman–Crippen LogP) is 6.26. The Morgan fingerprint density at radius 2 is 1.57 bits per heavy atom. The highest BCUT2D eigenvalue weighted by atomic mass is 16.6. The van der Waals surface area contributed by atoms with Crippen LogP contribution in [-0.2, 0) is 16.1 Å². The lowest BCUT2D eigenvalue weighted by atomic mass is 10.0. The van der Waals surface area contributed by atoms with Crippen LogP contribution in [0.25, 0.3) is 16.7 Å². The van der Waals surface area contributed by atoms with Gasteiger partial charge in [-0.25, -0.2) is 14.3 Å². The van der Waals surface area contributed by atoms with Crippen molar-refractivity contribution in [2.45, 2.75) is 33.0 Å². The van der Waals surface area contributed by atoms with Crippen molar-refractivity contribution in [1.82, 2.24) is 14.1 Å². The number of carbonyl (C=O) groups is 3. The van der Waals surface area contributed by atoms with E-state index in [1.165, 1.54) is 18.0 Å². The van der Waals surface area contributed by atoms with Gasteiger partial charge in [0.15, 0.2) is 0 Å². The SMILES string of the molecule is COCc1cc(C(=O)Nc2ccccc2-n2cccc2)ccc1C(=O)Nc1cccc2c1ncn2C(=O)OC(C)(C)C. The van der Waals surface area contributed by atoms with Crippen molar-refractivity contribution in [3.8, 4) is 5.69 Å². The van der Waals surface area contributed by atoms with Crippen molar-refractivity contribution in [2.75, 3.05) is 17.7 Å². The van der Waals surface area contributed by atoms with Gasteiger partial charge in [0.25, 0.3) is 11.8 Å². The van der Waals surface area contributed by atoms with Crippen LogP contribution in [-0.4, -0.2) is 44.7 Å². The molecule has 0 radical (unpaired) electrons. The maximum atomic E-state index is 13.4. The largest absolute Gasteiger partial charge is 0.443 e. The number of hydrogen-bond donors (Lipinski definition) is 2. The second-order valence-corrected chi connectivity index (χ2v) is 10.6. The first-order valence-electron chi connectivity index (χ1n) is 13.3. The maximum Gasteiger partial charge on any atom is 0.420 e. The summed E-state index contributed by atoms with van der Waals surface area (Å²) in [7, 11) is 1.52. The van der Waals surface area contributed by atoms with Crippen LogP contribution in [0.1, 0.15) is 47.1 Å². The lowest BCUT2D eigenvalue weighted by Gasteiger charge is -2.19. The fourth-order valence-corrected chi connectivity index (χ4v) is 4.51. The van der Waals surface area contributed by atoms with E-state index < -0.39 is 17.6 Å². The topological polar surface area (TPSA) is 116 Å². The number of rotatable bonds is 7. The van der Waals surface area contributed by atoms with Crippen LogP contribution in [0.4, 0.5) is 16.2 Å². The molecule has 0 aliphatic rings. The summed E-state index contributed by atoms with van der Waals surface area (Å²) in [4.78, 5) is 43.7. The molecule has 214 valence electrons. The fourth-order valence-electron chi connectivity index (χ4n) is 4.51. The van der Waals surface area contributed by atoms with Gasteiger partial charge in [-0.2, -0.15) is 0 Å². The predicted molar refractivity (Wildman–Crippen MR) is 160 cm³/mol. The van der Waals surface area contributed by atoms with Gasteiger partial charge in [0.2, 0.25) is 0 Å². The Hall–Kier alpha value is -5.22. The third kappa shape index (κ3) is 6.08. The summed E-state index contributed by atoms with van der Waals surface area (Å²) >= 11 is 0. The van der Waals surface area contributed by atoms with Gasteiger partial charge in [0.1, 0.15) is 17.4 Å². The highest BCUT2D eigenvalue weighted by molar-refractivity contribution is 6.11. The molecule has 0 aliphatic carbocycles. The number of hydrogen-bond acceptors (Lipinski definition) is 6. The number of aromatic nitrogens is 3. The Bertz CT molecular complexity index is 1770. The number of para-hydroxylation sites is 3. The number of benzene rings is 3. The van der Waals surface area contributed by atoms with Crippen LogP contribution in [0.3, 0.4) is 0 Å². The number of methoxy groups -OCH3 is 1. The van der Waals surface area contributed by atoms with E-state index in [0.29, 0.717) is 39.1 Å². The van der Waals surface area contributed by atoms with E-state index in [4.69, 9.17) is 9.47 Å². The molecule has 2 amide bonds. The summed E-state index contributed by atoms with van der Waals surface area (Å²) in [6.45, 7) is 5.46. The van der Waals surface area contributed by atoms with E-state index in [9.17, 15) is 14.4 Å². The second kappa shape index (κ2) is 11.7. The van der Waals surface area contributed by atoms with Crippen molar-refractivity contribution in [2.24, 2.45) is 0 Å². The monoisotopic (exact) mass is 565 g/mol. The molecule has 3 aromatic carbocycles. The van der Waals surface area contributed by atoms with E-state index in [0.717, 1.165) is 5.69 Å². The first-order chi connectivity index (χ1) is 20.1. The van der Waals surface area contributed by atoms with Crippen LogP contribution in [0.2, 0.25) is 0 Å². The molecule has 0 saturated heterocycles. The molecule has 10 nitrogen and oxygen atoms in total. The van der Waals surface area contributed by atoms with Crippen molar-refractivity contribution >= 4 is 40.3 Å². The molecule has 0 aliphatic heterocycles. The van der Waals surface area contributed by atoms with E-state index in [2.05, 4.69) is 15.6 Å². The Morgan fingerprint density at radius 1 is 0.857 bits per heavy atom. The second-order valence-electron chi connectivity index (χ2n) is 10.6. The Labute approximate surface area is 242 Å². The number of imidazole rings is 1. The third-order valence-electron chi connectivity index (χ3n) is 6.36. The molecule has 2 N–H and O–H groups in total. The van der Waals surface area contributed by atoms with Gasteiger partial charge >= 0.3 is 6.09 Å². The first-order valence-corrected chi connectivity index (χ1v) is 13.3. The van der Waals surface area contributed by atoms with Crippen LogP contribution >= 0.6 is 0 Å². The fraction of sp³-hybridized carbons (Fsp3) is 0.188. The minimum Gasteiger partial charge on any atom is -0.443 e. The minimum atomic E-state index is -0.674. The highest BCUT2D eigenvalue weighted by Gasteiger charge is 2.22. The zero-order valence-corrected chi connectivity index (χ0v) is 23.8. The maximum absolute atomic E-state index is 13.4. The number of nitrogens with one attached hydrogen (secondary N) is 2. The Morgan fingerprint density at radius 3 is 2.31 bits per heavy atom. The molecule has 5 aromatic rings. The molecule has 0 saturated carbocycles. The molecule has 10 heteroatoms. The van der Waals surface area contributed by atoms with Gasteiger partial charge in [0, 0.05) is 30.6 Å². The number of carbonyl (C=O) groups excluding carboxylic acids is 3. The molecule has 5 rings (SSSR count). The molecule has 0 fully saturated rings. The summed E-state index contributed by atoms with van der Waals surface area (Å²) in [6.07, 6.45) is 4.60. The summed E-state index contributed by atoms with van der Waals surface area (Å²) < 4.78 is 14.0. The molecular weight excluding hydrogens is 534 g/mol. The Kier molecular flexibility index (Phi) is 7.90. The summed E-state index contributed by atoms with van der Waals surface area (Å²) in [5.41, 5.74) is 3.39. The third-order valence-corrected chi connectivity index (χ3v) is 6.36. The minimum absolute atomic E-state index is 0.112. The number of ether oxygens (including phenoxy) is 2. The van der Waals surface area contributed by atoms with Crippen LogP contribution < -0.4 is 10.6 Å². The standard InChI is InChI=1S/C32H31N5O5/c1-32(2,3)42-31(40)37-20-33-28-25(11-9-13-27(28)37)35-30(39)23-15-14-21(18-22(23)19-41-4)29(38)34-24-10-5-6-12-26(24)36-16-7-8-17-36/h5-18,20H,19H2,1-4H3,(H,34,38)(H,35,39). The lowest BCUT2D eigenvalue weighted by Crippen LogP contribution is -2.26. The van der Waals surface area contributed by atoms with E-state index in [1.807, 2.05) is 53.4 Å². The van der Waals surface area contributed by atoms with Gasteiger partial charge in [-0.1, -0.05) is 18.2 Å². The van der Waals surface area contributed by atoms with Crippen molar-refractivity contribution in [1.29, 1.82) is 0 Å². The molecule has 2 aromatic heterocycles. The number of anilines is 2. The van der Waals surface area contributed by atoms with Crippen LogP contribution in [0.15, 0.2) is 91.5 Å². The highest BCUT2D eigenvalue weighted by Crippen LogP contribution is 2.25. The average Bonchev–Trinajstić information content (AvgIpc) is 3.64. The van der Waals surface area contributed by atoms with Gasteiger partial charge in [0.05, 0.1) is 29.2 Å². The van der Waals surface area contributed by atoms with Crippen LogP contribution in [0.5, 0.6) is 0 Å². The lowest BCUT2D eigenvalue weighted by molar-refractivity contribution is 0.0543. The smallest absolute Gasteiger partial charge is 0.420 e. The number of fused-ring (bicyclic) bond motifs is 1. The van der Waals surface area contributed by atoms with Crippen LogP contribution in [0, 0.1) is 0 Å². The van der Waals surface area contributed by atoms with E-state index in [1.54, 1.807) is 57.2 Å². The summed E-state index contributed by atoms with van der Waals surface area (Å²) in [5, 5.41) is 5.86. The number of amides is 2. The molecule has 0 spiro atoms. The van der Waals surface area contributed by atoms with E-state index in [-0.39, 0.29) is 12.5 Å². The number of nitrogens with zero attached hydrogens (tertiary/aromatic N) is 3. The zero-order chi connectivity index (χ0) is 29.9. The molecule has 0 unspecified atom stereocenters. The Balaban J connectivity index is 1.38.